The summed E-state index contributed by atoms with van der Waals surface area (Å²) in [7, 11) is 0. The first-order valence-corrected chi connectivity index (χ1v) is 9.49. The summed E-state index contributed by atoms with van der Waals surface area (Å²) in [5.74, 6) is 2.85. The summed E-state index contributed by atoms with van der Waals surface area (Å²) in [6.07, 6.45) is 1.99. The van der Waals surface area contributed by atoms with Crippen molar-refractivity contribution in [1.82, 2.24) is 4.90 Å². The predicted molar refractivity (Wildman–Crippen MR) is 94.8 cm³/mol. The molecule has 2 aliphatic heterocycles. The van der Waals surface area contributed by atoms with Gasteiger partial charge in [-0.3, -0.25) is 4.79 Å². The van der Waals surface area contributed by atoms with Gasteiger partial charge in [-0.2, -0.15) is 11.8 Å². The molecule has 0 spiro atoms. The Balaban J connectivity index is 1.57. The Morgan fingerprint density at radius 1 is 1.05 bits per heavy atom. The smallest absolute Gasteiger partial charge is 0.225 e. The van der Waals surface area contributed by atoms with E-state index in [0.717, 1.165) is 50.5 Å². The molecule has 2 fully saturated rings. The number of aryl methyl sites for hydroxylation is 2. The van der Waals surface area contributed by atoms with Gasteiger partial charge in [0.15, 0.2) is 0 Å². The Bertz CT molecular complexity index is 532. The van der Waals surface area contributed by atoms with Crippen molar-refractivity contribution >= 4 is 23.4 Å². The first-order valence-electron chi connectivity index (χ1n) is 8.34. The van der Waals surface area contributed by atoms with Crippen LogP contribution in [0.15, 0.2) is 18.2 Å². The molecule has 0 N–H and O–H groups in total. The zero-order chi connectivity index (χ0) is 15.5. The molecule has 3 rings (SSSR count). The largest absolute Gasteiger partial charge is 0.371 e. The highest BCUT2D eigenvalue weighted by Gasteiger charge is 2.29. The Morgan fingerprint density at radius 3 is 2.36 bits per heavy atom. The maximum Gasteiger partial charge on any atom is 0.225 e. The second-order valence-electron chi connectivity index (χ2n) is 6.47. The number of carbonyl (C=O) groups is 1. The molecule has 2 saturated heterocycles. The summed E-state index contributed by atoms with van der Waals surface area (Å²) in [6.45, 7) is 8.22. The number of piperidine rings is 1. The third-order valence-corrected chi connectivity index (χ3v) is 5.97. The van der Waals surface area contributed by atoms with Crippen LogP contribution in [0, 0.1) is 19.8 Å². The molecule has 1 aromatic carbocycles. The van der Waals surface area contributed by atoms with Crippen molar-refractivity contribution in [3.8, 4) is 0 Å². The molecule has 0 aromatic heterocycles. The van der Waals surface area contributed by atoms with Crippen molar-refractivity contribution in [2.24, 2.45) is 5.92 Å². The lowest BCUT2D eigenvalue weighted by Gasteiger charge is -2.36. The third-order valence-electron chi connectivity index (χ3n) is 5.02. The van der Waals surface area contributed by atoms with E-state index >= 15 is 0 Å². The molecule has 1 aromatic rings. The summed E-state index contributed by atoms with van der Waals surface area (Å²) in [6, 6.07) is 6.69. The fourth-order valence-corrected chi connectivity index (χ4v) is 4.25. The molecule has 4 heteroatoms. The fraction of sp³-hybridized carbons (Fsp3) is 0.611. The summed E-state index contributed by atoms with van der Waals surface area (Å²) < 4.78 is 0. The Kier molecular flexibility index (Phi) is 4.97. The van der Waals surface area contributed by atoms with Crippen molar-refractivity contribution in [3.63, 3.8) is 0 Å². The number of amides is 1. The zero-order valence-corrected chi connectivity index (χ0v) is 14.5. The monoisotopic (exact) mass is 318 g/mol. The fourth-order valence-electron chi connectivity index (χ4n) is 3.35. The zero-order valence-electron chi connectivity index (χ0n) is 13.7. The maximum absolute atomic E-state index is 12.6. The van der Waals surface area contributed by atoms with Crippen LogP contribution < -0.4 is 4.90 Å². The van der Waals surface area contributed by atoms with E-state index in [9.17, 15) is 4.79 Å². The molecule has 0 aliphatic carbocycles. The number of carbonyl (C=O) groups excluding carboxylic acids is 1. The van der Waals surface area contributed by atoms with Gasteiger partial charge in [-0.15, -0.1) is 0 Å². The first kappa shape index (κ1) is 15.7. The van der Waals surface area contributed by atoms with Crippen LogP contribution in [0.4, 0.5) is 5.69 Å². The van der Waals surface area contributed by atoms with Crippen molar-refractivity contribution < 1.29 is 4.79 Å². The average Bonchev–Trinajstić information content (AvgIpc) is 2.58. The molecule has 0 saturated carbocycles. The van der Waals surface area contributed by atoms with Gasteiger partial charge >= 0.3 is 0 Å². The van der Waals surface area contributed by atoms with Crippen molar-refractivity contribution in [1.29, 1.82) is 0 Å². The van der Waals surface area contributed by atoms with E-state index < -0.39 is 0 Å². The van der Waals surface area contributed by atoms with E-state index in [1.807, 2.05) is 11.8 Å². The third kappa shape index (κ3) is 3.43. The van der Waals surface area contributed by atoms with Crippen molar-refractivity contribution in [3.05, 3.63) is 29.3 Å². The quantitative estimate of drug-likeness (QED) is 0.837. The molecule has 2 aliphatic rings. The molecule has 2 heterocycles. The van der Waals surface area contributed by atoms with Gasteiger partial charge in [-0.25, -0.2) is 0 Å². The minimum Gasteiger partial charge on any atom is -0.371 e. The summed E-state index contributed by atoms with van der Waals surface area (Å²) in [5, 5.41) is 0. The van der Waals surface area contributed by atoms with Crippen LogP contribution in [0.2, 0.25) is 0 Å². The Hall–Kier alpha value is -1.16. The molecule has 1 amide bonds. The number of nitrogens with zero attached hydrogens (tertiary/aromatic N) is 2. The van der Waals surface area contributed by atoms with Gasteiger partial charge in [-0.1, -0.05) is 6.07 Å². The highest BCUT2D eigenvalue weighted by molar-refractivity contribution is 7.99. The number of rotatable bonds is 2. The molecule has 22 heavy (non-hydrogen) atoms. The normalized spacial score (nSPS) is 20.3. The minimum absolute atomic E-state index is 0.242. The Labute approximate surface area is 138 Å². The van der Waals surface area contributed by atoms with Crippen LogP contribution in [-0.4, -0.2) is 48.5 Å². The lowest BCUT2D eigenvalue weighted by atomic mass is 9.94. The van der Waals surface area contributed by atoms with E-state index in [1.54, 1.807) is 0 Å². The number of hydrogen-bond acceptors (Lipinski definition) is 3. The van der Waals surface area contributed by atoms with Crippen LogP contribution in [0.3, 0.4) is 0 Å². The van der Waals surface area contributed by atoms with E-state index in [0.29, 0.717) is 5.91 Å². The van der Waals surface area contributed by atoms with Gasteiger partial charge < -0.3 is 9.80 Å². The number of thioether (sulfide) groups is 1. The van der Waals surface area contributed by atoms with E-state index in [4.69, 9.17) is 0 Å². The Morgan fingerprint density at radius 2 is 1.73 bits per heavy atom. The summed E-state index contributed by atoms with van der Waals surface area (Å²) >= 11 is 1.96. The standard InChI is InChI=1S/C18H26N2OS/c1-14-3-4-17(13-15(14)2)19-7-5-16(6-8-19)18(21)20-9-11-22-12-10-20/h3-4,13,16H,5-12H2,1-2H3. The van der Waals surface area contributed by atoms with E-state index in [1.165, 1.54) is 16.8 Å². The average molecular weight is 318 g/mol. The maximum atomic E-state index is 12.6. The topological polar surface area (TPSA) is 23.6 Å². The first-order chi connectivity index (χ1) is 10.6. The highest BCUT2D eigenvalue weighted by Crippen LogP contribution is 2.26. The van der Waals surface area contributed by atoms with Crippen LogP contribution in [0.5, 0.6) is 0 Å². The summed E-state index contributed by atoms with van der Waals surface area (Å²) in [5.41, 5.74) is 4.00. The molecule has 0 bridgehead atoms. The molecule has 120 valence electrons. The van der Waals surface area contributed by atoms with Gasteiger partial charge in [0.25, 0.3) is 0 Å². The van der Waals surface area contributed by atoms with Crippen LogP contribution in [0.1, 0.15) is 24.0 Å². The lowest BCUT2D eigenvalue weighted by molar-refractivity contribution is -0.135. The molecule has 0 atom stereocenters. The number of anilines is 1. The second kappa shape index (κ2) is 6.95. The highest BCUT2D eigenvalue weighted by atomic mass is 32.2. The number of hydrogen-bond donors (Lipinski definition) is 0. The second-order valence-corrected chi connectivity index (χ2v) is 7.69. The van der Waals surface area contributed by atoms with Gasteiger partial charge in [0, 0.05) is 49.3 Å². The van der Waals surface area contributed by atoms with Crippen LogP contribution >= 0.6 is 11.8 Å². The van der Waals surface area contributed by atoms with Gasteiger partial charge in [0.1, 0.15) is 0 Å². The van der Waals surface area contributed by atoms with Gasteiger partial charge in [0.2, 0.25) is 5.91 Å². The SMILES string of the molecule is Cc1ccc(N2CCC(C(=O)N3CCSCC3)CC2)cc1C. The number of benzene rings is 1. The van der Waals surface area contributed by atoms with Gasteiger partial charge in [0.05, 0.1) is 0 Å². The lowest BCUT2D eigenvalue weighted by Crippen LogP contribution is -2.45. The minimum atomic E-state index is 0.242. The molecular weight excluding hydrogens is 292 g/mol. The molecular formula is C18H26N2OS. The molecule has 0 unspecified atom stereocenters. The summed E-state index contributed by atoms with van der Waals surface area (Å²) in [4.78, 5) is 17.1. The van der Waals surface area contributed by atoms with Crippen molar-refractivity contribution in [2.75, 3.05) is 42.6 Å². The van der Waals surface area contributed by atoms with Crippen LogP contribution in [-0.2, 0) is 4.79 Å². The van der Waals surface area contributed by atoms with Gasteiger partial charge in [-0.05, 0) is 49.9 Å². The van der Waals surface area contributed by atoms with Crippen LogP contribution in [0.25, 0.3) is 0 Å². The molecule has 0 radical (unpaired) electrons. The molecule has 3 nitrogen and oxygen atoms in total. The van der Waals surface area contributed by atoms with Crippen molar-refractivity contribution in [2.45, 2.75) is 26.7 Å². The predicted octanol–water partition coefficient (Wildman–Crippen LogP) is 3.10. The van der Waals surface area contributed by atoms with E-state index in [-0.39, 0.29) is 5.92 Å². The van der Waals surface area contributed by atoms with E-state index in [2.05, 4.69) is 41.8 Å².